The van der Waals surface area contributed by atoms with E-state index < -0.39 is 0 Å². The van der Waals surface area contributed by atoms with Crippen molar-refractivity contribution in [3.63, 3.8) is 0 Å². The third-order valence-electron chi connectivity index (χ3n) is 4.36. The van der Waals surface area contributed by atoms with Crippen LogP contribution in [-0.4, -0.2) is 42.2 Å². The molecule has 0 bridgehead atoms. The Hall–Kier alpha value is -2.53. The normalized spacial score (nSPS) is 12.5. The van der Waals surface area contributed by atoms with Crippen molar-refractivity contribution >= 4 is 17.0 Å². The number of aryl methyl sites for hydroxylation is 1. The quantitative estimate of drug-likeness (QED) is 0.755. The maximum atomic E-state index is 5.52. The van der Waals surface area contributed by atoms with E-state index >= 15 is 0 Å². The summed E-state index contributed by atoms with van der Waals surface area (Å²) in [7, 11) is 7.90. The van der Waals surface area contributed by atoms with E-state index in [-0.39, 0.29) is 6.04 Å². The highest BCUT2D eigenvalue weighted by Gasteiger charge is 2.19. The molecule has 0 fully saturated rings. The number of aromatic nitrogens is 2. The minimum atomic E-state index is 0.181. The Kier molecular flexibility index (Phi) is 4.71. The standard InChI is InChI=1S/C19H24N4O/c1-22(2)17(14-9-5-8-12-18(14)24-4)13-20-19-21-15-10-6-7-11-16(15)23(19)3/h5-12,17H,13H2,1-4H3,(H,20,21). The molecule has 5 nitrogen and oxygen atoms in total. The number of nitrogens with one attached hydrogen (secondary N) is 1. The summed E-state index contributed by atoms with van der Waals surface area (Å²) in [6, 6.07) is 16.5. The molecular formula is C19H24N4O. The molecular weight excluding hydrogens is 300 g/mol. The number of methoxy groups -OCH3 is 1. The van der Waals surface area contributed by atoms with Crippen LogP contribution in [0.3, 0.4) is 0 Å². The van der Waals surface area contributed by atoms with E-state index in [1.54, 1.807) is 7.11 Å². The second kappa shape index (κ2) is 6.93. The highest BCUT2D eigenvalue weighted by atomic mass is 16.5. The van der Waals surface area contributed by atoms with Crippen LogP contribution in [0.2, 0.25) is 0 Å². The molecule has 0 spiro atoms. The van der Waals surface area contributed by atoms with Gasteiger partial charge in [-0.15, -0.1) is 0 Å². The van der Waals surface area contributed by atoms with Crippen molar-refractivity contribution in [3.05, 3.63) is 54.1 Å². The van der Waals surface area contributed by atoms with Gasteiger partial charge in [0.2, 0.25) is 5.95 Å². The van der Waals surface area contributed by atoms with Gasteiger partial charge in [-0.05, 0) is 32.3 Å². The summed E-state index contributed by atoms with van der Waals surface area (Å²) >= 11 is 0. The average molecular weight is 324 g/mol. The molecule has 1 heterocycles. The molecule has 0 aliphatic heterocycles. The zero-order chi connectivity index (χ0) is 17.1. The molecule has 0 radical (unpaired) electrons. The Morgan fingerprint density at radius 2 is 1.83 bits per heavy atom. The topological polar surface area (TPSA) is 42.3 Å². The summed E-state index contributed by atoms with van der Waals surface area (Å²) in [5, 5.41) is 3.49. The van der Waals surface area contributed by atoms with Crippen molar-refractivity contribution in [1.82, 2.24) is 14.5 Å². The average Bonchev–Trinajstić information content (AvgIpc) is 2.92. The number of ether oxygens (including phenoxy) is 1. The molecule has 1 unspecified atom stereocenters. The van der Waals surface area contributed by atoms with E-state index in [0.29, 0.717) is 0 Å². The zero-order valence-electron chi connectivity index (χ0n) is 14.7. The van der Waals surface area contributed by atoms with Gasteiger partial charge in [0.1, 0.15) is 5.75 Å². The molecule has 2 aromatic carbocycles. The van der Waals surface area contributed by atoms with Crippen LogP contribution < -0.4 is 10.1 Å². The lowest BCUT2D eigenvalue weighted by Gasteiger charge is -2.26. The first-order valence-electron chi connectivity index (χ1n) is 8.06. The first-order valence-corrected chi connectivity index (χ1v) is 8.06. The van der Waals surface area contributed by atoms with Gasteiger partial charge in [-0.3, -0.25) is 0 Å². The van der Waals surface area contributed by atoms with Gasteiger partial charge < -0.3 is 19.5 Å². The lowest BCUT2D eigenvalue weighted by atomic mass is 10.0. The summed E-state index contributed by atoms with van der Waals surface area (Å²) in [5.41, 5.74) is 3.29. The summed E-state index contributed by atoms with van der Waals surface area (Å²) in [5.74, 6) is 1.78. The molecule has 1 N–H and O–H groups in total. The van der Waals surface area contributed by atoms with Crippen LogP contribution in [0.1, 0.15) is 11.6 Å². The SMILES string of the molecule is COc1ccccc1C(CNc1nc2ccccc2n1C)N(C)C. The van der Waals surface area contributed by atoms with Crippen molar-refractivity contribution in [2.75, 3.05) is 33.1 Å². The maximum absolute atomic E-state index is 5.52. The number of imidazole rings is 1. The van der Waals surface area contributed by atoms with Gasteiger partial charge in [0.15, 0.2) is 0 Å². The van der Waals surface area contributed by atoms with Crippen LogP contribution in [0.4, 0.5) is 5.95 Å². The van der Waals surface area contributed by atoms with Gasteiger partial charge in [-0.2, -0.15) is 0 Å². The molecule has 3 rings (SSSR count). The number of likely N-dealkylation sites (N-methyl/N-ethyl adjacent to an activating group) is 1. The van der Waals surface area contributed by atoms with Gasteiger partial charge in [-0.1, -0.05) is 30.3 Å². The van der Waals surface area contributed by atoms with Crippen LogP contribution in [0.25, 0.3) is 11.0 Å². The molecule has 1 atom stereocenters. The largest absolute Gasteiger partial charge is 0.496 e. The molecule has 0 saturated carbocycles. The number of benzene rings is 2. The minimum absolute atomic E-state index is 0.181. The van der Waals surface area contributed by atoms with Gasteiger partial charge in [0.25, 0.3) is 0 Å². The van der Waals surface area contributed by atoms with Crippen molar-refractivity contribution in [2.24, 2.45) is 7.05 Å². The number of anilines is 1. The second-order valence-electron chi connectivity index (χ2n) is 6.09. The highest BCUT2D eigenvalue weighted by molar-refractivity contribution is 5.78. The number of rotatable bonds is 6. The number of hydrogen-bond acceptors (Lipinski definition) is 4. The number of fused-ring (bicyclic) bond motifs is 1. The fourth-order valence-corrected chi connectivity index (χ4v) is 3.00. The zero-order valence-corrected chi connectivity index (χ0v) is 14.7. The minimum Gasteiger partial charge on any atom is -0.496 e. The van der Waals surface area contributed by atoms with Crippen molar-refractivity contribution in [3.8, 4) is 5.75 Å². The molecule has 0 amide bonds. The van der Waals surface area contributed by atoms with Gasteiger partial charge in [0, 0.05) is 19.2 Å². The van der Waals surface area contributed by atoms with E-state index in [0.717, 1.165) is 34.8 Å². The molecule has 0 saturated heterocycles. The summed E-state index contributed by atoms with van der Waals surface area (Å²) in [6.45, 7) is 0.741. The molecule has 24 heavy (non-hydrogen) atoms. The highest BCUT2D eigenvalue weighted by Crippen LogP contribution is 2.28. The Bertz CT molecular complexity index is 825. The number of hydrogen-bond donors (Lipinski definition) is 1. The lowest BCUT2D eigenvalue weighted by Crippen LogP contribution is -2.27. The smallest absolute Gasteiger partial charge is 0.203 e. The third-order valence-corrected chi connectivity index (χ3v) is 4.36. The predicted molar refractivity (Wildman–Crippen MR) is 98.6 cm³/mol. The Balaban J connectivity index is 1.85. The van der Waals surface area contributed by atoms with E-state index in [9.17, 15) is 0 Å². The van der Waals surface area contributed by atoms with Crippen LogP contribution in [0.5, 0.6) is 5.75 Å². The van der Waals surface area contributed by atoms with E-state index in [1.807, 2.05) is 43.4 Å². The van der Waals surface area contributed by atoms with Crippen LogP contribution in [-0.2, 0) is 7.05 Å². The van der Waals surface area contributed by atoms with Crippen LogP contribution in [0.15, 0.2) is 48.5 Å². The van der Waals surface area contributed by atoms with Gasteiger partial charge >= 0.3 is 0 Å². The molecule has 0 aliphatic carbocycles. The Morgan fingerprint density at radius 3 is 2.54 bits per heavy atom. The fourth-order valence-electron chi connectivity index (χ4n) is 3.00. The molecule has 126 valence electrons. The summed E-state index contributed by atoms with van der Waals surface area (Å²) in [4.78, 5) is 6.87. The Morgan fingerprint density at radius 1 is 1.12 bits per heavy atom. The maximum Gasteiger partial charge on any atom is 0.203 e. The fraction of sp³-hybridized carbons (Fsp3) is 0.316. The van der Waals surface area contributed by atoms with Crippen LogP contribution >= 0.6 is 0 Å². The number of para-hydroxylation sites is 3. The summed E-state index contributed by atoms with van der Waals surface area (Å²) < 4.78 is 7.61. The van der Waals surface area contributed by atoms with Crippen molar-refractivity contribution in [1.29, 1.82) is 0 Å². The first kappa shape index (κ1) is 16.3. The van der Waals surface area contributed by atoms with E-state index in [2.05, 4.69) is 46.0 Å². The third kappa shape index (κ3) is 3.08. The van der Waals surface area contributed by atoms with Crippen LogP contribution in [0, 0.1) is 0 Å². The van der Waals surface area contributed by atoms with Gasteiger partial charge in [-0.25, -0.2) is 4.98 Å². The number of nitrogens with zero attached hydrogens (tertiary/aromatic N) is 3. The molecule has 0 aliphatic rings. The molecule has 1 aromatic heterocycles. The van der Waals surface area contributed by atoms with Crippen molar-refractivity contribution < 1.29 is 4.74 Å². The first-order chi connectivity index (χ1) is 11.6. The molecule has 5 heteroatoms. The monoisotopic (exact) mass is 324 g/mol. The Labute approximate surface area is 142 Å². The second-order valence-corrected chi connectivity index (χ2v) is 6.09. The lowest BCUT2D eigenvalue weighted by molar-refractivity contribution is 0.299. The summed E-state index contributed by atoms with van der Waals surface area (Å²) in [6.07, 6.45) is 0. The van der Waals surface area contributed by atoms with E-state index in [1.165, 1.54) is 0 Å². The van der Waals surface area contributed by atoms with Gasteiger partial charge in [0.05, 0.1) is 24.2 Å². The molecule has 3 aromatic rings. The van der Waals surface area contributed by atoms with E-state index in [4.69, 9.17) is 4.74 Å². The van der Waals surface area contributed by atoms with Crippen molar-refractivity contribution in [2.45, 2.75) is 6.04 Å². The predicted octanol–water partition coefficient (Wildman–Crippen LogP) is 3.30.